The topological polar surface area (TPSA) is 32.8 Å². The lowest BCUT2D eigenvalue weighted by molar-refractivity contribution is -0.274. The Labute approximate surface area is 164 Å². The first-order valence-corrected chi connectivity index (χ1v) is 10.1. The average Bonchev–Trinajstić information content (AvgIpc) is 2.64. The number of ether oxygens (including phenoxy) is 1. The van der Waals surface area contributed by atoms with E-state index in [9.17, 15) is 18.0 Å². The number of likely N-dealkylation sites (tertiary alicyclic amines) is 2. The molecule has 2 fully saturated rings. The van der Waals surface area contributed by atoms with E-state index in [-0.39, 0.29) is 18.1 Å². The lowest BCUT2D eigenvalue weighted by Crippen LogP contribution is -2.45. The molecule has 0 saturated carbocycles. The van der Waals surface area contributed by atoms with Gasteiger partial charge in [0, 0.05) is 19.6 Å². The highest BCUT2D eigenvalue weighted by atomic mass is 19.4. The summed E-state index contributed by atoms with van der Waals surface area (Å²) in [6, 6.07) is 5.56. The standard InChI is InChI=1S/C21H29F3N2O2/c1-16-8-11-25(12-9-16)14-18-3-2-10-26(15-18)20(27)13-17-4-6-19(7-5-17)28-21(22,23)24/h4-7,16,18H,2-3,8-15H2,1H3. The lowest BCUT2D eigenvalue weighted by Gasteiger charge is -2.38. The number of piperidine rings is 2. The molecule has 0 bridgehead atoms. The van der Waals surface area contributed by atoms with Crippen LogP contribution in [0.5, 0.6) is 5.75 Å². The summed E-state index contributed by atoms with van der Waals surface area (Å²) in [6.45, 7) is 7.21. The molecule has 0 aromatic heterocycles. The van der Waals surface area contributed by atoms with Gasteiger partial charge in [-0.2, -0.15) is 0 Å². The van der Waals surface area contributed by atoms with Gasteiger partial charge < -0.3 is 14.5 Å². The molecule has 1 aromatic carbocycles. The highest BCUT2D eigenvalue weighted by Gasteiger charge is 2.31. The Morgan fingerprint density at radius 2 is 1.79 bits per heavy atom. The van der Waals surface area contributed by atoms with Crippen molar-refractivity contribution >= 4 is 5.91 Å². The van der Waals surface area contributed by atoms with E-state index in [1.165, 1.54) is 37.1 Å². The number of benzene rings is 1. The zero-order valence-corrected chi connectivity index (χ0v) is 16.4. The smallest absolute Gasteiger partial charge is 0.406 e. The van der Waals surface area contributed by atoms with Crippen LogP contribution in [-0.4, -0.2) is 54.8 Å². The van der Waals surface area contributed by atoms with Crippen LogP contribution < -0.4 is 4.74 Å². The van der Waals surface area contributed by atoms with Gasteiger partial charge in [-0.25, -0.2) is 0 Å². The molecule has 4 nitrogen and oxygen atoms in total. The SMILES string of the molecule is CC1CCN(CC2CCCN(C(=O)Cc3ccc(OC(F)(F)F)cc3)C2)CC1. The number of hydrogen-bond donors (Lipinski definition) is 0. The third-order valence-electron chi connectivity index (χ3n) is 5.78. The van der Waals surface area contributed by atoms with E-state index in [0.717, 1.165) is 51.5 Å². The van der Waals surface area contributed by atoms with Crippen molar-refractivity contribution in [3.8, 4) is 5.75 Å². The Bertz CT molecular complexity index is 640. The number of alkyl halides is 3. The molecule has 0 radical (unpaired) electrons. The van der Waals surface area contributed by atoms with Gasteiger partial charge in [0.05, 0.1) is 6.42 Å². The summed E-state index contributed by atoms with van der Waals surface area (Å²) >= 11 is 0. The Balaban J connectivity index is 1.48. The van der Waals surface area contributed by atoms with Gasteiger partial charge in [0.1, 0.15) is 5.75 Å². The normalized spacial score (nSPS) is 22.3. The second-order valence-electron chi connectivity index (χ2n) is 8.20. The van der Waals surface area contributed by atoms with Crippen LogP contribution in [-0.2, 0) is 11.2 Å². The molecule has 3 rings (SSSR count). The van der Waals surface area contributed by atoms with Gasteiger partial charge in [-0.1, -0.05) is 19.1 Å². The van der Waals surface area contributed by atoms with Crippen LogP contribution in [0.4, 0.5) is 13.2 Å². The molecule has 2 saturated heterocycles. The minimum atomic E-state index is -4.70. The molecule has 2 aliphatic heterocycles. The van der Waals surface area contributed by atoms with Gasteiger partial charge in [0.25, 0.3) is 0 Å². The number of halogens is 3. The molecule has 1 unspecified atom stereocenters. The van der Waals surface area contributed by atoms with Gasteiger partial charge in [-0.05, 0) is 68.3 Å². The number of amides is 1. The summed E-state index contributed by atoms with van der Waals surface area (Å²) < 4.78 is 40.6. The van der Waals surface area contributed by atoms with E-state index in [1.54, 1.807) is 0 Å². The van der Waals surface area contributed by atoms with Crippen molar-refractivity contribution in [2.24, 2.45) is 11.8 Å². The van der Waals surface area contributed by atoms with E-state index < -0.39 is 6.36 Å². The number of rotatable bonds is 5. The zero-order chi connectivity index (χ0) is 20.1. The molecule has 156 valence electrons. The molecule has 1 amide bonds. The molecule has 1 aromatic rings. The lowest BCUT2D eigenvalue weighted by atomic mass is 9.94. The molecule has 0 aliphatic carbocycles. The van der Waals surface area contributed by atoms with E-state index in [2.05, 4.69) is 16.6 Å². The summed E-state index contributed by atoms with van der Waals surface area (Å²) in [5.41, 5.74) is 0.701. The van der Waals surface area contributed by atoms with E-state index in [1.807, 2.05) is 4.90 Å². The van der Waals surface area contributed by atoms with Crippen LogP contribution in [0.3, 0.4) is 0 Å². The maximum Gasteiger partial charge on any atom is 0.573 e. The molecule has 7 heteroatoms. The number of nitrogens with zero attached hydrogens (tertiary/aromatic N) is 2. The third-order valence-corrected chi connectivity index (χ3v) is 5.78. The fourth-order valence-electron chi connectivity index (χ4n) is 4.15. The average molecular weight is 398 g/mol. The van der Waals surface area contributed by atoms with Gasteiger partial charge in [0.15, 0.2) is 0 Å². The monoisotopic (exact) mass is 398 g/mol. The second-order valence-corrected chi connectivity index (χ2v) is 8.20. The summed E-state index contributed by atoms with van der Waals surface area (Å²) in [4.78, 5) is 17.1. The van der Waals surface area contributed by atoms with Crippen LogP contribution in [0.1, 0.15) is 38.2 Å². The van der Waals surface area contributed by atoms with Crippen LogP contribution in [0.15, 0.2) is 24.3 Å². The van der Waals surface area contributed by atoms with Gasteiger partial charge >= 0.3 is 6.36 Å². The van der Waals surface area contributed by atoms with E-state index in [0.29, 0.717) is 11.5 Å². The Morgan fingerprint density at radius 3 is 2.43 bits per heavy atom. The fraction of sp³-hybridized carbons (Fsp3) is 0.667. The van der Waals surface area contributed by atoms with Gasteiger partial charge in [0.2, 0.25) is 5.91 Å². The predicted octanol–water partition coefficient (Wildman–Crippen LogP) is 4.10. The fourth-order valence-corrected chi connectivity index (χ4v) is 4.15. The third kappa shape index (κ3) is 6.40. The van der Waals surface area contributed by atoms with Crippen LogP contribution in [0.25, 0.3) is 0 Å². The predicted molar refractivity (Wildman–Crippen MR) is 101 cm³/mol. The minimum Gasteiger partial charge on any atom is -0.406 e. The largest absolute Gasteiger partial charge is 0.573 e. The highest BCUT2D eigenvalue weighted by Crippen LogP contribution is 2.24. The van der Waals surface area contributed by atoms with Crippen molar-refractivity contribution in [1.82, 2.24) is 9.80 Å². The van der Waals surface area contributed by atoms with Gasteiger partial charge in [-0.15, -0.1) is 13.2 Å². The number of carbonyl (C=O) groups excluding carboxylic acids is 1. The molecule has 28 heavy (non-hydrogen) atoms. The first kappa shape index (κ1) is 21.0. The molecule has 2 aliphatic rings. The molecule has 1 atom stereocenters. The maximum absolute atomic E-state index is 12.7. The van der Waals surface area contributed by atoms with Crippen LogP contribution in [0.2, 0.25) is 0 Å². The summed E-state index contributed by atoms with van der Waals surface area (Å²) in [7, 11) is 0. The first-order valence-electron chi connectivity index (χ1n) is 10.1. The van der Waals surface area contributed by atoms with Crippen molar-refractivity contribution in [1.29, 1.82) is 0 Å². The van der Waals surface area contributed by atoms with Crippen molar-refractivity contribution in [3.05, 3.63) is 29.8 Å². The number of carbonyl (C=O) groups is 1. The molecule has 2 heterocycles. The van der Waals surface area contributed by atoms with Crippen molar-refractivity contribution in [3.63, 3.8) is 0 Å². The molecule has 0 N–H and O–H groups in total. The second kappa shape index (κ2) is 9.16. The number of hydrogen-bond acceptors (Lipinski definition) is 3. The Hall–Kier alpha value is -1.76. The maximum atomic E-state index is 12.7. The van der Waals surface area contributed by atoms with Crippen LogP contribution >= 0.6 is 0 Å². The highest BCUT2D eigenvalue weighted by molar-refractivity contribution is 5.78. The molecule has 0 spiro atoms. The van der Waals surface area contributed by atoms with E-state index >= 15 is 0 Å². The van der Waals surface area contributed by atoms with Crippen molar-refractivity contribution in [2.75, 3.05) is 32.7 Å². The Kier molecular flexibility index (Phi) is 6.86. The first-order chi connectivity index (χ1) is 13.3. The van der Waals surface area contributed by atoms with Crippen molar-refractivity contribution in [2.45, 2.75) is 45.4 Å². The summed E-state index contributed by atoms with van der Waals surface area (Å²) in [6.07, 6.45) is 0.179. The Morgan fingerprint density at radius 1 is 1.11 bits per heavy atom. The molecular weight excluding hydrogens is 369 g/mol. The molecular formula is C21H29F3N2O2. The quantitative estimate of drug-likeness (QED) is 0.749. The van der Waals surface area contributed by atoms with Gasteiger partial charge in [-0.3, -0.25) is 4.79 Å². The van der Waals surface area contributed by atoms with Crippen LogP contribution in [0, 0.1) is 11.8 Å². The minimum absolute atomic E-state index is 0.0430. The summed E-state index contributed by atoms with van der Waals surface area (Å²) in [5, 5.41) is 0. The van der Waals surface area contributed by atoms with E-state index in [4.69, 9.17) is 0 Å². The zero-order valence-electron chi connectivity index (χ0n) is 16.4. The summed E-state index contributed by atoms with van der Waals surface area (Å²) in [5.74, 6) is 1.10. The van der Waals surface area contributed by atoms with Crippen molar-refractivity contribution < 1.29 is 22.7 Å².